The summed E-state index contributed by atoms with van der Waals surface area (Å²) in [7, 11) is 1.67. The molecule has 0 bridgehead atoms. The van der Waals surface area contributed by atoms with Crippen LogP contribution in [0, 0.1) is 0 Å². The van der Waals surface area contributed by atoms with Gasteiger partial charge >= 0.3 is 12.1 Å². The number of nitrogens with zero attached hydrogens (tertiary/aromatic N) is 4. The van der Waals surface area contributed by atoms with Gasteiger partial charge in [0.25, 0.3) is 0 Å². The lowest BCUT2D eigenvalue weighted by Crippen LogP contribution is -2.44. The summed E-state index contributed by atoms with van der Waals surface area (Å²) in [6.07, 6.45) is 2.80. The maximum absolute atomic E-state index is 11.9. The minimum Gasteiger partial charge on any atom is -0.373 e. The van der Waals surface area contributed by atoms with E-state index in [0.717, 1.165) is 5.56 Å². The molecule has 20 heavy (non-hydrogen) atoms. The summed E-state index contributed by atoms with van der Waals surface area (Å²) in [6.45, 7) is 5.73. The van der Waals surface area contributed by atoms with Gasteiger partial charge in [0.05, 0.1) is 0 Å². The molecule has 0 saturated carbocycles. The Bertz CT molecular complexity index is 588. The molecule has 2 rings (SSSR count). The van der Waals surface area contributed by atoms with Crippen LogP contribution in [0.3, 0.4) is 0 Å². The number of hydrogen-bond acceptors (Lipinski definition) is 5. The van der Waals surface area contributed by atoms with E-state index in [9.17, 15) is 4.79 Å². The van der Waals surface area contributed by atoms with Gasteiger partial charge in [-0.25, -0.2) is 4.79 Å². The topological polar surface area (TPSA) is 84.0 Å². The highest BCUT2D eigenvalue weighted by Gasteiger charge is 2.25. The van der Waals surface area contributed by atoms with Crippen molar-refractivity contribution in [1.29, 1.82) is 0 Å². The fourth-order valence-electron chi connectivity index (χ4n) is 1.35. The number of carbonyl (C=O) groups excluding carboxylic acids is 1. The van der Waals surface area contributed by atoms with Gasteiger partial charge in [0.1, 0.15) is 0 Å². The number of aromatic amines is 1. The Hall–Kier alpha value is -2.44. The Balaban J connectivity index is 2.09. The lowest BCUT2D eigenvalue weighted by molar-refractivity contribution is 0.121. The number of H-pyrrole nitrogens is 1. The van der Waals surface area contributed by atoms with Crippen LogP contribution in [0.25, 0.3) is 11.4 Å². The third-order valence-electron chi connectivity index (χ3n) is 2.88. The van der Waals surface area contributed by atoms with Gasteiger partial charge in [-0.3, -0.25) is 10.1 Å². The van der Waals surface area contributed by atoms with Gasteiger partial charge in [-0.2, -0.15) is 4.98 Å². The molecule has 2 heterocycles. The zero-order chi connectivity index (χ0) is 14.8. The highest BCUT2D eigenvalue weighted by molar-refractivity contribution is 5.70. The largest absolute Gasteiger partial charge is 0.417 e. The molecule has 0 atom stereocenters. The van der Waals surface area contributed by atoms with Crippen molar-refractivity contribution in [3.63, 3.8) is 0 Å². The predicted octanol–water partition coefficient (Wildman–Crippen LogP) is 2.10. The number of nitrogens with one attached hydrogen (secondary N) is 1. The van der Waals surface area contributed by atoms with Gasteiger partial charge in [0.2, 0.25) is 0 Å². The van der Waals surface area contributed by atoms with Crippen LogP contribution in [0.15, 0.2) is 24.5 Å². The van der Waals surface area contributed by atoms with Gasteiger partial charge in [-0.1, -0.05) is 0 Å². The van der Waals surface area contributed by atoms with E-state index in [0.29, 0.717) is 5.82 Å². The Labute approximate surface area is 117 Å². The number of carbonyl (C=O) groups is 1. The number of hydrogen-bond donors (Lipinski definition) is 1. The first-order valence-electron chi connectivity index (χ1n) is 6.16. The third-order valence-corrected chi connectivity index (χ3v) is 2.88. The standard InChI is InChI=1S/C13H17N5O2/c1-13(2,3)18(4)12(19)20-11-15-10(16-17-11)9-5-7-14-8-6-9/h5-8H,1-4H3,(H,15,16,17). The molecule has 0 aromatic carbocycles. The molecule has 0 spiro atoms. The predicted molar refractivity (Wildman–Crippen MR) is 73.2 cm³/mol. The molecule has 106 valence electrons. The van der Waals surface area contributed by atoms with E-state index in [4.69, 9.17) is 4.74 Å². The zero-order valence-electron chi connectivity index (χ0n) is 11.9. The quantitative estimate of drug-likeness (QED) is 0.907. The average Bonchev–Trinajstić information content (AvgIpc) is 2.86. The first-order valence-corrected chi connectivity index (χ1v) is 6.16. The van der Waals surface area contributed by atoms with Crippen molar-refractivity contribution in [2.24, 2.45) is 0 Å². The first kappa shape index (κ1) is 14.0. The Kier molecular flexibility index (Phi) is 3.69. The van der Waals surface area contributed by atoms with E-state index in [1.54, 1.807) is 31.6 Å². The molecular formula is C13H17N5O2. The van der Waals surface area contributed by atoms with E-state index in [2.05, 4.69) is 20.2 Å². The van der Waals surface area contributed by atoms with Crippen LogP contribution in [0.5, 0.6) is 6.01 Å². The summed E-state index contributed by atoms with van der Waals surface area (Å²) in [5.74, 6) is 0.522. The van der Waals surface area contributed by atoms with E-state index in [1.807, 2.05) is 20.8 Å². The number of ether oxygens (including phenoxy) is 1. The van der Waals surface area contributed by atoms with Gasteiger partial charge in [0, 0.05) is 30.5 Å². The van der Waals surface area contributed by atoms with Crippen LogP contribution in [0.4, 0.5) is 4.79 Å². The molecule has 0 radical (unpaired) electrons. The molecule has 0 unspecified atom stereocenters. The van der Waals surface area contributed by atoms with E-state index >= 15 is 0 Å². The van der Waals surface area contributed by atoms with Crippen molar-refractivity contribution in [1.82, 2.24) is 25.1 Å². The van der Waals surface area contributed by atoms with Gasteiger partial charge in [-0.05, 0) is 32.9 Å². The van der Waals surface area contributed by atoms with Gasteiger partial charge in [0.15, 0.2) is 5.82 Å². The van der Waals surface area contributed by atoms with Gasteiger partial charge < -0.3 is 9.64 Å². The fraction of sp³-hybridized carbons (Fsp3) is 0.385. The summed E-state index contributed by atoms with van der Waals surface area (Å²) in [6, 6.07) is 3.57. The molecule has 7 heteroatoms. The van der Waals surface area contributed by atoms with Crippen LogP contribution in [-0.4, -0.2) is 43.7 Å². The van der Waals surface area contributed by atoms with E-state index in [-0.39, 0.29) is 11.5 Å². The van der Waals surface area contributed by atoms with Crippen molar-refractivity contribution in [2.45, 2.75) is 26.3 Å². The highest BCUT2D eigenvalue weighted by atomic mass is 16.6. The highest BCUT2D eigenvalue weighted by Crippen LogP contribution is 2.17. The summed E-state index contributed by atoms with van der Waals surface area (Å²) in [5.41, 5.74) is 0.486. The molecule has 2 aromatic rings. The Morgan fingerprint density at radius 3 is 2.55 bits per heavy atom. The van der Waals surface area contributed by atoms with Crippen LogP contribution in [0.2, 0.25) is 0 Å². The van der Waals surface area contributed by atoms with Gasteiger partial charge in [-0.15, -0.1) is 5.10 Å². The van der Waals surface area contributed by atoms with E-state index < -0.39 is 6.09 Å². The maximum Gasteiger partial charge on any atom is 0.417 e. The summed E-state index contributed by atoms with van der Waals surface area (Å²) in [4.78, 5) is 21.4. The molecule has 0 saturated heterocycles. The normalized spacial score (nSPS) is 11.2. The molecule has 7 nitrogen and oxygen atoms in total. The second kappa shape index (κ2) is 5.28. The molecular weight excluding hydrogens is 258 g/mol. The number of amides is 1. The minimum absolute atomic E-state index is 0.00193. The fourth-order valence-corrected chi connectivity index (χ4v) is 1.35. The molecule has 0 aliphatic carbocycles. The summed E-state index contributed by atoms with van der Waals surface area (Å²) in [5, 5.41) is 6.59. The molecule has 1 N–H and O–H groups in total. The van der Waals surface area contributed by atoms with Crippen molar-refractivity contribution in [3.8, 4) is 17.4 Å². The third kappa shape index (κ3) is 3.11. The smallest absolute Gasteiger partial charge is 0.373 e. The second-order valence-electron chi connectivity index (χ2n) is 5.30. The first-order chi connectivity index (χ1) is 9.38. The molecule has 1 amide bonds. The van der Waals surface area contributed by atoms with Crippen LogP contribution in [-0.2, 0) is 0 Å². The van der Waals surface area contributed by atoms with Crippen molar-refractivity contribution in [3.05, 3.63) is 24.5 Å². The Morgan fingerprint density at radius 1 is 1.30 bits per heavy atom. The summed E-state index contributed by atoms with van der Waals surface area (Å²) >= 11 is 0. The van der Waals surface area contributed by atoms with Crippen molar-refractivity contribution >= 4 is 6.09 Å². The molecule has 2 aromatic heterocycles. The van der Waals surface area contributed by atoms with Crippen molar-refractivity contribution < 1.29 is 9.53 Å². The number of rotatable bonds is 2. The van der Waals surface area contributed by atoms with Crippen molar-refractivity contribution in [2.75, 3.05) is 7.05 Å². The minimum atomic E-state index is -0.502. The number of pyridine rings is 1. The SMILES string of the molecule is CN(C(=O)Oc1n[nH]c(-c2ccncc2)n1)C(C)(C)C. The molecule has 0 aliphatic rings. The molecule has 0 aliphatic heterocycles. The van der Waals surface area contributed by atoms with Crippen LogP contribution >= 0.6 is 0 Å². The Morgan fingerprint density at radius 2 is 1.95 bits per heavy atom. The van der Waals surface area contributed by atoms with E-state index in [1.165, 1.54) is 4.90 Å². The molecule has 0 fully saturated rings. The monoisotopic (exact) mass is 275 g/mol. The van der Waals surface area contributed by atoms with Crippen LogP contribution in [0.1, 0.15) is 20.8 Å². The van der Waals surface area contributed by atoms with Crippen LogP contribution < -0.4 is 4.74 Å². The lowest BCUT2D eigenvalue weighted by Gasteiger charge is -2.30. The maximum atomic E-state index is 11.9. The number of aromatic nitrogens is 4. The average molecular weight is 275 g/mol. The summed E-state index contributed by atoms with van der Waals surface area (Å²) < 4.78 is 5.12. The lowest BCUT2D eigenvalue weighted by atomic mass is 10.1. The second-order valence-corrected chi connectivity index (χ2v) is 5.30. The zero-order valence-corrected chi connectivity index (χ0v) is 11.9.